The summed E-state index contributed by atoms with van der Waals surface area (Å²) in [6.45, 7) is 2.60. The Hall–Kier alpha value is -1.85. The van der Waals surface area contributed by atoms with E-state index in [1.54, 1.807) is 26.2 Å². The fourth-order valence-corrected chi connectivity index (χ4v) is 1.36. The third-order valence-electron chi connectivity index (χ3n) is 2.20. The first-order valence-electron chi connectivity index (χ1n) is 5.57. The van der Waals surface area contributed by atoms with Gasteiger partial charge < -0.3 is 10.1 Å². The molecule has 6 nitrogen and oxygen atoms in total. The number of hydrogen-bond acceptors (Lipinski definition) is 4. The number of aryl methyl sites for hydroxylation is 1. The van der Waals surface area contributed by atoms with Gasteiger partial charge in [-0.25, -0.2) is 0 Å². The molecule has 0 aromatic carbocycles. The number of carbonyl (C=O) groups is 2. The number of rotatable bonds is 6. The zero-order valence-electron chi connectivity index (χ0n) is 10.1. The second kappa shape index (κ2) is 6.67. The van der Waals surface area contributed by atoms with E-state index in [0.29, 0.717) is 31.7 Å². The third kappa shape index (κ3) is 4.26. The minimum Gasteiger partial charge on any atom is -0.466 e. The standard InChI is InChI=1S/C11H17N3O3/c1-3-17-10(15)5-4-7-12-11(16)9-6-8-13-14(9)2/h6,8H,3-5,7H2,1-2H3,(H,12,16). The highest BCUT2D eigenvalue weighted by Gasteiger charge is 2.09. The van der Waals surface area contributed by atoms with E-state index < -0.39 is 0 Å². The van der Waals surface area contributed by atoms with E-state index in [-0.39, 0.29) is 11.9 Å². The quantitative estimate of drug-likeness (QED) is 0.579. The largest absolute Gasteiger partial charge is 0.466 e. The first-order valence-corrected chi connectivity index (χ1v) is 5.57. The van der Waals surface area contributed by atoms with Crippen LogP contribution in [0.2, 0.25) is 0 Å². The topological polar surface area (TPSA) is 73.2 Å². The molecule has 0 aliphatic heterocycles. The Morgan fingerprint density at radius 2 is 2.29 bits per heavy atom. The van der Waals surface area contributed by atoms with Crippen LogP contribution in [0.3, 0.4) is 0 Å². The van der Waals surface area contributed by atoms with Crippen LogP contribution in [-0.2, 0) is 16.6 Å². The van der Waals surface area contributed by atoms with Gasteiger partial charge in [0.2, 0.25) is 0 Å². The van der Waals surface area contributed by atoms with Crippen LogP contribution in [-0.4, -0.2) is 34.8 Å². The fraction of sp³-hybridized carbons (Fsp3) is 0.545. The zero-order chi connectivity index (χ0) is 12.7. The summed E-state index contributed by atoms with van der Waals surface area (Å²) >= 11 is 0. The van der Waals surface area contributed by atoms with E-state index in [0.717, 1.165) is 0 Å². The number of nitrogens with one attached hydrogen (secondary N) is 1. The maximum atomic E-state index is 11.6. The lowest BCUT2D eigenvalue weighted by atomic mass is 10.3. The van der Waals surface area contributed by atoms with Gasteiger partial charge in [0.15, 0.2) is 0 Å². The van der Waals surface area contributed by atoms with E-state index in [1.165, 1.54) is 4.68 Å². The summed E-state index contributed by atoms with van der Waals surface area (Å²) in [5.74, 6) is -0.420. The number of ether oxygens (including phenoxy) is 1. The molecule has 0 atom stereocenters. The number of esters is 1. The zero-order valence-corrected chi connectivity index (χ0v) is 10.1. The number of amides is 1. The first-order chi connectivity index (χ1) is 8.15. The van der Waals surface area contributed by atoms with Crippen LogP contribution in [0.4, 0.5) is 0 Å². The number of nitrogens with zero attached hydrogens (tertiary/aromatic N) is 2. The Bertz CT molecular complexity index is 387. The highest BCUT2D eigenvalue weighted by atomic mass is 16.5. The van der Waals surface area contributed by atoms with Gasteiger partial charge in [-0.1, -0.05) is 0 Å². The van der Waals surface area contributed by atoms with Crippen LogP contribution in [0, 0.1) is 0 Å². The summed E-state index contributed by atoms with van der Waals surface area (Å²) < 4.78 is 6.28. The van der Waals surface area contributed by atoms with Gasteiger partial charge in [-0.2, -0.15) is 5.10 Å². The molecule has 0 aliphatic rings. The Labute approximate surface area is 99.9 Å². The summed E-state index contributed by atoms with van der Waals surface area (Å²) in [4.78, 5) is 22.6. The van der Waals surface area contributed by atoms with Gasteiger partial charge in [-0.15, -0.1) is 0 Å². The highest BCUT2D eigenvalue weighted by Crippen LogP contribution is 1.96. The summed E-state index contributed by atoms with van der Waals surface area (Å²) in [5, 5.41) is 6.62. The highest BCUT2D eigenvalue weighted by molar-refractivity contribution is 5.92. The Morgan fingerprint density at radius 1 is 1.53 bits per heavy atom. The van der Waals surface area contributed by atoms with Crippen LogP contribution in [0.5, 0.6) is 0 Å². The summed E-state index contributed by atoms with van der Waals surface area (Å²) in [5.41, 5.74) is 0.501. The van der Waals surface area contributed by atoms with E-state index >= 15 is 0 Å². The third-order valence-corrected chi connectivity index (χ3v) is 2.20. The molecule has 1 amide bonds. The molecule has 6 heteroatoms. The van der Waals surface area contributed by atoms with Crippen molar-refractivity contribution in [3.63, 3.8) is 0 Å². The maximum absolute atomic E-state index is 11.6. The minimum absolute atomic E-state index is 0.186. The van der Waals surface area contributed by atoms with Crippen LogP contribution in [0.15, 0.2) is 12.3 Å². The Kier molecular flexibility index (Phi) is 5.19. The van der Waals surface area contributed by atoms with Crippen molar-refractivity contribution in [2.45, 2.75) is 19.8 Å². The normalized spacial score (nSPS) is 10.0. The van der Waals surface area contributed by atoms with Crippen molar-refractivity contribution in [1.82, 2.24) is 15.1 Å². The lowest BCUT2D eigenvalue weighted by molar-refractivity contribution is -0.143. The molecule has 0 aliphatic carbocycles. The van der Waals surface area contributed by atoms with Crippen molar-refractivity contribution in [3.05, 3.63) is 18.0 Å². The van der Waals surface area contributed by atoms with Crippen molar-refractivity contribution in [2.75, 3.05) is 13.2 Å². The van der Waals surface area contributed by atoms with E-state index in [1.807, 2.05) is 0 Å². The molecule has 1 aromatic rings. The number of aromatic nitrogens is 2. The van der Waals surface area contributed by atoms with Crippen molar-refractivity contribution in [2.24, 2.45) is 7.05 Å². The fourth-order valence-electron chi connectivity index (χ4n) is 1.36. The molecule has 1 rings (SSSR count). The summed E-state index contributed by atoms with van der Waals surface area (Å²) in [6, 6.07) is 1.64. The van der Waals surface area contributed by atoms with Gasteiger partial charge in [-0.05, 0) is 19.4 Å². The van der Waals surface area contributed by atoms with Crippen LogP contribution < -0.4 is 5.32 Å². The number of hydrogen-bond donors (Lipinski definition) is 1. The van der Waals surface area contributed by atoms with Crippen LogP contribution in [0.1, 0.15) is 30.3 Å². The molecule has 0 spiro atoms. The van der Waals surface area contributed by atoms with Crippen molar-refractivity contribution >= 4 is 11.9 Å². The monoisotopic (exact) mass is 239 g/mol. The number of carbonyl (C=O) groups excluding carboxylic acids is 2. The second-order valence-corrected chi connectivity index (χ2v) is 3.50. The molecule has 0 radical (unpaired) electrons. The maximum Gasteiger partial charge on any atom is 0.305 e. The molecule has 1 heterocycles. The van der Waals surface area contributed by atoms with Gasteiger partial charge in [0.05, 0.1) is 6.61 Å². The molecule has 17 heavy (non-hydrogen) atoms. The van der Waals surface area contributed by atoms with Gasteiger partial charge in [0.25, 0.3) is 5.91 Å². The molecule has 0 saturated heterocycles. The summed E-state index contributed by atoms with van der Waals surface area (Å²) in [7, 11) is 1.70. The van der Waals surface area contributed by atoms with Gasteiger partial charge in [-0.3, -0.25) is 14.3 Å². The van der Waals surface area contributed by atoms with Gasteiger partial charge in [0, 0.05) is 26.2 Å². The smallest absolute Gasteiger partial charge is 0.305 e. The molecule has 1 N–H and O–H groups in total. The Morgan fingerprint density at radius 3 is 2.88 bits per heavy atom. The van der Waals surface area contributed by atoms with Crippen LogP contribution in [0.25, 0.3) is 0 Å². The predicted molar refractivity (Wildman–Crippen MR) is 61.4 cm³/mol. The molecular formula is C11H17N3O3. The average Bonchev–Trinajstić information content (AvgIpc) is 2.71. The van der Waals surface area contributed by atoms with E-state index in [9.17, 15) is 9.59 Å². The van der Waals surface area contributed by atoms with Crippen molar-refractivity contribution in [3.8, 4) is 0 Å². The van der Waals surface area contributed by atoms with Crippen molar-refractivity contribution in [1.29, 1.82) is 0 Å². The molecule has 0 bridgehead atoms. The van der Waals surface area contributed by atoms with Gasteiger partial charge in [0.1, 0.15) is 5.69 Å². The molecule has 0 unspecified atom stereocenters. The molecule has 0 saturated carbocycles. The second-order valence-electron chi connectivity index (χ2n) is 3.50. The minimum atomic E-state index is -0.234. The molecule has 0 fully saturated rings. The SMILES string of the molecule is CCOC(=O)CCCNC(=O)c1ccnn1C. The lowest BCUT2D eigenvalue weighted by Crippen LogP contribution is -2.27. The van der Waals surface area contributed by atoms with E-state index in [4.69, 9.17) is 4.74 Å². The Balaban J connectivity index is 2.21. The van der Waals surface area contributed by atoms with Crippen molar-refractivity contribution < 1.29 is 14.3 Å². The van der Waals surface area contributed by atoms with E-state index in [2.05, 4.69) is 10.4 Å². The summed E-state index contributed by atoms with van der Waals surface area (Å²) in [6.07, 6.45) is 2.45. The molecular weight excluding hydrogens is 222 g/mol. The average molecular weight is 239 g/mol. The molecule has 1 aromatic heterocycles. The van der Waals surface area contributed by atoms with Gasteiger partial charge >= 0.3 is 5.97 Å². The van der Waals surface area contributed by atoms with Crippen LogP contribution >= 0.6 is 0 Å². The first kappa shape index (κ1) is 13.2. The molecule has 94 valence electrons. The predicted octanol–water partition coefficient (Wildman–Crippen LogP) is 0.493. The lowest BCUT2D eigenvalue weighted by Gasteiger charge is -2.05.